The number of anilines is 2. The molecule has 0 aromatic carbocycles. The summed E-state index contributed by atoms with van der Waals surface area (Å²) in [5.41, 5.74) is 3.65. The second kappa shape index (κ2) is 6.16. The minimum Gasteiger partial charge on any atom is -0.366 e. The number of aryl methyl sites for hydroxylation is 1. The van der Waals surface area contributed by atoms with E-state index in [1.165, 1.54) is 0 Å². The summed E-state index contributed by atoms with van der Waals surface area (Å²) in [6.07, 6.45) is 3.04. The maximum atomic E-state index is 5.54. The molecule has 0 spiro atoms. The summed E-state index contributed by atoms with van der Waals surface area (Å²) in [6.45, 7) is 6.30. The molecule has 0 radical (unpaired) electrons. The molecule has 1 aromatic rings. The summed E-state index contributed by atoms with van der Waals surface area (Å²) in [5, 5.41) is 3.52. The number of likely N-dealkylation sites (N-methyl/N-ethyl adjacent to an activating group) is 1. The van der Waals surface area contributed by atoms with Crippen molar-refractivity contribution in [2.24, 2.45) is 5.84 Å². The molecule has 1 atom stereocenters. The Morgan fingerprint density at radius 2 is 2.11 bits per heavy atom. The molecule has 2 heterocycles. The molecule has 0 saturated carbocycles. The lowest BCUT2D eigenvalue weighted by Crippen LogP contribution is -2.25. The SMILES string of the molecule is CCCc1nc(NN)c(C)c(NC2CCN(C)C2)n1. The van der Waals surface area contributed by atoms with Gasteiger partial charge in [-0.05, 0) is 33.4 Å². The quantitative estimate of drug-likeness (QED) is 0.547. The highest BCUT2D eigenvalue weighted by Crippen LogP contribution is 2.22. The third-order valence-corrected chi connectivity index (χ3v) is 3.53. The predicted octanol–water partition coefficient (Wildman–Crippen LogP) is 1.14. The molecule has 1 fully saturated rings. The Kier molecular flexibility index (Phi) is 4.55. The number of hydrazine groups is 1. The van der Waals surface area contributed by atoms with Crippen LogP contribution in [0.15, 0.2) is 0 Å². The Hall–Kier alpha value is -1.40. The summed E-state index contributed by atoms with van der Waals surface area (Å²) in [4.78, 5) is 11.4. The van der Waals surface area contributed by atoms with Crippen LogP contribution in [-0.2, 0) is 6.42 Å². The van der Waals surface area contributed by atoms with E-state index in [1.807, 2.05) is 6.92 Å². The smallest absolute Gasteiger partial charge is 0.148 e. The molecule has 1 aliphatic rings. The van der Waals surface area contributed by atoms with Gasteiger partial charge in [0, 0.05) is 24.6 Å². The van der Waals surface area contributed by atoms with Crippen molar-refractivity contribution in [1.29, 1.82) is 0 Å². The number of nitrogens with one attached hydrogen (secondary N) is 2. The van der Waals surface area contributed by atoms with E-state index in [2.05, 4.69) is 39.6 Å². The molecule has 106 valence electrons. The molecular weight excluding hydrogens is 240 g/mol. The molecule has 19 heavy (non-hydrogen) atoms. The molecule has 1 unspecified atom stereocenters. The first kappa shape index (κ1) is 14.0. The van der Waals surface area contributed by atoms with Crippen LogP contribution in [0.3, 0.4) is 0 Å². The number of hydrogen-bond acceptors (Lipinski definition) is 6. The largest absolute Gasteiger partial charge is 0.366 e. The van der Waals surface area contributed by atoms with Gasteiger partial charge in [0.05, 0.1) is 0 Å². The zero-order chi connectivity index (χ0) is 13.8. The van der Waals surface area contributed by atoms with Gasteiger partial charge >= 0.3 is 0 Å². The third kappa shape index (κ3) is 3.33. The normalized spacial score (nSPS) is 19.7. The fourth-order valence-corrected chi connectivity index (χ4v) is 2.43. The minimum atomic E-state index is 0.457. The van der Waals surface area contributed by atoms with Gasteiger partial charge in [-0.25, -0.2) is 15.8 Å². The van der Waals surface area contributed by atoms with E-state index in [1.54, 1.807) is 0 Å². The van der Waals surface area contributed by atoms with Crippen LogP contribution < -0.4 is 16.6 Å². The van der Waals surface area contributed by atoms with Gasteiger partial charge in [-0.2, -0.15) is 0 Å². The number of hydrogen-bond donors (Lipinski definition) is 3. The Labute approximate surface area is 114 Å². The van der Waals surface area contributed by atoms with E-state index >= 15 is 0 Å². The summed E-state index contributed by atoms with van der Waals surface area (Å²) >= 11 is 0. The van der Waals surface area contributed by atoms with Gasteiger partial charge in [-0.15, -0.1) is 0 Å². The summed E-state index contributed by atoms with van der Waals surface area (Å²) < 4.78 is 0. The Bertz CT molecular complexity index is 433. The van der Waals surface area contributed by atoms with Crippen molar-refractivity contribution >= 4 is 11.6 Å². The number of aromatic nitrogens is 2. The summed E-state index contributed by atoms with van der Waals surface area (Å²) in [6, 6.07) is 0.457. The van der Waals surface area contributed by atoms with Gasteiger partial charge in [0.2, 0.25) is 0 Å². The molecule has 6 nitrogen and oxygen atoms in total. The highest BCUT2D eigenvalue weighted by molar-refractivity contribution is 5.57. The molecule has 4 N–H and O–H groups in total. The van der Waals surface area contributed by atoms with Gasteiger partial charge in [0.15, 0.2) is 0 Å². The minimum absolute atomic E-state index is 0.457. The molecule has 0 aliphatic carbocycles. The first-order chi connectivity index (χ1) is 9.13. The molecule has 0 bridgehead atoms. The second-order valence-corrected chi connectivity index (χ2v) is 5.25. The van der Waals surface area contributed by atoms with Crippen LogP contribution in [0.2, 0.25) is 0 Å². The van der Waals surface area contributed by atoms with E-state index in [0.29, 0.717) is 11.9 Å². The number of nitrogens with two attached hydrogens (primary N) is 1. The fraction of sp³-hybridized carbons (Fsp3) is 0.692. The van der Waals surface area contributed by atoms with Gasteiger partial charge < -0.3 is 15.6 Å². The molecule has 0 amide bonds. The lowest BCUT2D eigenvalue weighted by molar-refractivity contribution is 0.414. The van der Waals surface area contributed by atoms with Gasteiger partial charge in [0.25, 0.3) is 0 Å². The maximum absolute atomic E-state index is 5.54. The van der Waals surface area contributed by atoms with E-state index in [4.69, 9.17) is 5.84 Å². The number of likely N-dealkylation sites (tertiary alicyclic amines) is 1. The monoisotopic (exact) mass is 264 g/mol. The Morgan fingerprint density at radius 1 is 1.37 bits per heavy atom. The van der Waals surface area contributed by atoms with Crippen LogP contribution in [0.4, 0.5) is 11.6 Å². The van der Waals surface area contributed by atoms with E-state index in [-0.39, 0.29) is 0 Å². The highest BCUT2D eigenvalue weighted by Gasteiger charge is 2.21. The number of rotatable bonds is 5. The number of nitrogen functional groups attached to an aromatic ring is 1. The lowest BCUT2D eigenvalue weighted by atomic mass is 10.2. The number of nitrogens with zero attached hydrogens (tertiary/aromatic N) is 3. The molecule has 1 aliphatic heterocycles. The van der Waals surface area contributed by atoms with Crippen molar-refractivity contribution in [1.82, 2.24) is 14.9 Å². The van der Waals surface area contributed by atoms with Crippen LogP contribution in [0.5, 0.6) is 0 Å². The van der Waals surface area contributed by atoms with Crippen LogP contribution >= 0.6 is 0 Å². The fourth-order valence-electron chi connectivity index (χ4n) is 2.43. The lowest BCUT2D eigenvalue weighted by Gasteiger charge is -2.17. The van der Waals surface area contributed by atoms with Crippen LogP contribution in [0.1, 0.15) is 31.2 Å². The first-order valence-electron chi connectivity index (χ1n) is 6.93. The van der Waals surface area contributed by atoms with Crippen molar-refractivity contribution in [3.63, 3.8) is 0 Å². The third-order valence-electron chi connectivity index (χ3n) is 3.53. The highest BCUT2D eigenvalue weighted by atomic mass is 15.3. The maximum Gasteiger partial charge on any atom is 0.148 e. The summed E-state index contributed by atoms with van der Waals surface area (Å²) in [7, 11) is 2.14. The van der Waals surface area contributed by atoms with Crippen LogP contribution in [0, 0.1) is 6.92 Å². The van der Waals surface area contributed by atoms with Gasteiger partial charge in [0.1, 0.15) is 17.5 Å². The van der Waals surface area contributed by atoms with Crippen molar-refractivity contribution in [3.05, 3.63) is 11.4 Å². The average Bonchev–Trinajstić information content (AvgIpc) is 2.79. The Morgan fingerprint density at radius 3 is 2.68 bits per heavy atom. The standard InChI is InChI=1S/C13H24N6/c1-4-5-11-16-12(9(2)13(17-11)18-14)15-10-6-7-19(3)8-10/h10H,4-8,14H2,1-3H3,(H2,15,16,17,18). The van der Waals surface area contributed by atoms with Crippen LogP contribution in [0.25, 0.3) is 0 Å². The molecular formula is C13H24N6. The van der Waals surface area contributed by atoms with Crippen molar-refractivity contribution < 1.29 is 0 Å². The zero-order valence-corrected chi connectivity index (χ0v) is 12.0. The predicted molar refractivity (Wildman–Crippen MR) is 78.1 cm³/mol. The van der Waals surface area contributed by atoms with E-state index < -0.39 is 0 Å². The van der Waals surface area contributed by atoms with Gasteiger partial charge in [-0.3, -0.25) is 0 Å². The molecule has 2 rings (SSSR count). The molecule has 1 aromatic heterocycles. The van der Waals surface area contributed by atoms with Crippen molar-refractivity contribution in [3.8, 4) is 0 Å². The zero-order valence-electron chi connectivity index (χ0n) is 12.0. The topological polar surface area (TPSA) is 79.1 Å². The summed E-state index contributed by atoms with van der Waals surface area (Å²) in [5.74, 6) is 8.01. The molecule has 1 saturated heterocycles. The van der Waals surface area contributed by atoms with Crippen LogP contribution in [-0.4, -0.2) is 41.0 Å². The molecule has 6 heteroatoms. The van der Waals surface area contributed by atoms with Crippen molar-refractivity contribution in [2.45, 2.75) is 39.2 Å². The second-order valence-electron chi connectivity index (χ2n) is 5.25. The Balaban J connectivity index is 2.19. The van der Waals surface area contributed by atoms with E-state index in [0.717, 1.165) is 49.6 Å². The average molecular weight is 264 g/mol. The van der Waals surface area contributed by atoms with Gasteiger partial charge in [-0.1, -0.05) is 6.92 Å². The van der Waals surface area contributed by atoms with E-state index in [9.17, 15) is 0 Å². The first-order valence-corrected chi connectivity index (χ1v) is 6.93. The van der Waals surface area contributed by atoms with Crippen molar-refractivity contribution in [2.75, 3.05) is 30.9 Å².